The van der Waals surface area contributed by atoms with Crippen LogP contribution >= 0.6 is 0 Å². The summed E-state index contributed by atoms with van der Waals surface area (Å²) in [7, 11) is 1.30. The van der Waals surface area contributed by atoms with Gasteiger partial charge in [0.1, 0.15) is 6.04 Å². The number of esters is 1. The van der Waals surface area contributed by atoms with Crippen LogP contribution < -0.4 is 10.2 Å². The highest BCUT2D eigenvalue weighted by atomic mass is 16.5. The molecule has 2 amide bonds. The standard InChI is InChI=1S/C21H29N3O4/c1-28-20(26)14-18-21(27)22-12-13-23(18)15-19(25)24(16-8-4-2-5-9-16)17-10-6-3-7-11-17/h2,4-5,8-9,17-18H,3,6-7,10-15H2,1H3,(H,22,27)/t18-/m0/s1. The number of carbonyl (C=O) groups excluding carboxylic acids is 3. The van der Waals surface area contributed by atoms with Gasteiger partial charge in [-0.1, -0.05) is 37.5 Å². The molecule has 1 aliphatic heterocycles. The van der Waals surface area contributed by atoms with Crippen LogP contribution in [0.15, 0.2) is 30.3 Å². The van der Waals surface area contributed by atoms with E-state index < -0.39 is 12.0 Å². The smallest absolute Gasteiger partial charge is 0.307 e. The lowest BCUT2D eigenvalue weighted by molar-refractivity contribution is -0.146. The Morgan fingerprint density at radius 1 is 1.18 bits per heavy atom. The first kappa shape index (κ1) is 20.3. The van der Waals surface area contributed by atoms with Crippen molar-refractivity contribution in [1.29, 1.82) is 0 Å². The van der Waals surface area contributed by atoms with Gasteiger partial charge in [-0.2, -0.15) is 0 Å². The van der Waals surface area contributed by atoms with Gasteiger partial charge in [-0.15, -0.1) is 0 Å². The first-order valence-electron chi connectivity index (χ1n) is 10.1. The zero-order valence-corrected chi connectivity index (χ0v) is 16.4. The van der Waals surface area contributed by atoms with E-state index >= 15 is 0 Å². The molecule has 0 aromatic heterocycles. The van der Waals surface area contributed by atoms with Crippen LogP contribution in [-0.4, -0.2) is 61.5 Å². The highest BCUT2D eigenvalue weighted by Crippen LogP contribution is 2.28. The second-order valence-corrected chi connectivity index (χ2v) is 7.45. The maximum absolute atomic E-state index is 13.4. The number of carbonyl (C=O) groups is 3. The maximum atomic E-state index is 13.4. The number of amides is 2. The first-order chi connectivity index (χ1) is 13.6. The summed E-state index contributed by atoms with van der Waals surface area (Å²) in [5.74, 6) is -0.706. The number of ether oxygens (including phenoxy) is 1. The van der Waals surface area contributed by atoms with Crippen LogP contribution in [0.1, 0.15) is 38.5 Å². The number of hydrogen-bond acceptors (Lipinski definition) is 5. The molecule has 7 nitrogen and oxygen atoms in total. The molecule has 1 aromatic carbocycles. The number of nitrogens with zero attached hydrogens (tertiary/aromatic N) is 2. The average Bonchev–Trinajstić information content (AvgIpc) is 2.72. The summed E-state index contributed by atoms with van der Waals surface area (Å²) in [4.78, 5) is 41.1. The Hall–Kier alpha value is -2.41. The first-order valence-corrected chi connectivity index (χ1v) is 10.1. The molecule has 3 rings (SSSR count). The van der Waals surface area contributed by atoms with E-state index in [0.29, 0.717) is 13.1 Å². The number of para-hydroxylation sites is 1. The van der Waals surface area contributed by atoms with Gasteiger partial charge >= 0.3 is 5.97 Å². The van der Waals surface area contributed by atoms with Gasteiger partial charge in [-0.25, -0.2) is 0 Å². The van der Waals surface area contributed by atoms with Gasteiger partial charge in [0.2, 0.25) is 11.8 Å². The Bertz CT molecular complexity index is 688. The molecule has 1 saturated carbocycles. The van der Waals surface area contributed by atoms with Crippen molar-refractivity contribution < 1.29 is 19.1 Å². The third kappa shape index (κ3) is 4.90. The van der Waals surface area contributed by atoms with Crippen LogP contribution in [0.2, 0.25) is 0 Å². The molecule has 2 fully saturated rings. The summed E-state index contributed by atoms with van der Waals surface area (Å²) >= 11 is 0. The normalized spacial score (nSPS) is 21.0. The summed E-state index contributed by atoms with van der Waals surface area (Å²) in [6, 6.07) is 9.24. The second-order valence-electron chi connectivity index (χ2n) is 7.45. The van der Waals surface area contributed by atoms with E-state index in [4.69, 9.17) is 4.74 Å². The highest BCUT2D eigenvalue weighted by molar-refractivity contribution is 5.96. The number of nitrogens with one attached hydrogen (secondary N) is 1. The van der Waals surface area contributed by atoms with E-state index in [2.05, 4.69) is 5.32 Å². The molecule has 0 bridgehead atoms. The fraction of sp³-hybridized carbons (Fsp3) is 0.571. The molecular weight excluding hydrogens is 358 g/mol. The molecule has 7 heteroatoms. The van der Waals surface area contributed by atoms with Crippen molar-refractivity contribution in [2.45, 2.75) is 50.6 Å². The molecule has 152 valence electrons. The van der Waals surface area contributed by atoms with Gasteiger partial charge in [0.05, 0.1) is 20.1 Å². The largest absolute Gasteiger partial charge is 0.469 e. The number of benzene rings is 1. The number of rotatable bonds is 6. The minimum atomic E-state index is -0.672. The second kappa shape index (κ2) is 9.68. The van der Waals surface area contributed by atoms with E-state index in [1.54, 1.807) is 4.90 Å². The zero-order valence-electron chi connectivity index (χ0n) is 16.4. The minimum Gasteiger partial charge on any atom is -0.469 e. The summed E-state index contributed by atoms with van der Waals surface area (Å²) in [5, 5.41) is 2.78. The lowest BCUT2D eigenvalue weighted by Gasteiger charge is -2.38. The predicted molar refractivity (Wildman–Crippen MR) is 106 cm³/mol. The summed E-state index contributed by atoms with van der Waals surface area (Å²) in [6.45, 7) is 1.12. The van der Waals surface area contributed by atoms with Crippen LogP contribution in [0.5, 0.6) is 0 Å². The van der Waals surface area contributed by atoms with Gasteiger partial charge in [-0.3, -0.25) is 19.3 Å². The molecule has 1 aliphatic carbocycles. The fourth-order valence-corrected chi connectivity index (χ4v) is 4.15. The van der Waals surface area contributed by atoms with Crippen LogP contribution in [0.25, 0.3) is 0 Å². The molecule has 28 heavy (non-hydrogen) atoms. The van der Waals surface area contributed by atoms with Crippen molar-refractivity contribution in [2.75, 3.05) is 31.6 Å². The Kier molecular flexibility index (Phi) is 7.03. The van der Waals surface area contributed by atoms with Crippen molar-refractivity contribution in [3.8, 4) is 0 Å². The molecule has 2 aliphatic rings. The lowest BCUT2D eigenvalue weighted by Crippen LogP contribution is -2.59. The number of piperazine rings is 1. The summed E-state index contributed by atoms with van der Waals surface area (Å²) in [5.41, 5.74) is 0.894. The number of methoxy groups -OCH3 is 1. The Balaban J connectivity index is 1.77. The number of hydrogen-bond donors (Lipinski definition) is 1. The monoisotopic (exact) mass is 387 g/mol. The van der Waals surface area contributed by atoms with E-state index in [9.17, 15) is 14.4 Å². The highest BCUT2D eigenvalue weighted by Gasteiger charge is 2.35. The quantitative estimate of drug-likeness (QED) is 0.752. The van der Waals surface area contributed by atoms with Crippen LogP contribution in [0.4, 0.5) is 5.69 Å². The Morgan fingerprint density at radius 3 is 2.57 bits per heavy atom. The van der Waals surface area contributed by atoms with Gasteiger partial charge in [-0.05, 0) is 25.0 Å². The van der Waals surface area contributed by atoms with Crippen molar-refractivity contribution in [3.63, 3.8) is 0 Å². The molecule has 1 atom stereocenters. The lowest BCUT2D eigenvalue weighted by atomic mass is 9.93. The molecule has 1 N–H and O–H groups in total. The topological polar surface area (TPSA) is 79.0 Å². The van der Waals surface area contributed by atoms with Crippen LogP contribution in [0.3, 0.4) is 0 Å². The molecule has 0 unspecified atom stereocenters. The zero-order chi connectivity index (χ0) is 19.9. The van der Waals surface area contributed by atoms with Gasteiger partial charge in [0, 0.05) is 24.8 Å². The van der Waals surface area contributed by atoms with E-state index in [1.807, 2.05) is 35.2 Å². The Morgan fingerprint density at radius 2 is 1.89 bits per heavy atom. The molecule has 1 heterocycles. The average molecular weight is 387 g/mol. The van der Waals surface area contributed by atoms with Crippen molar-refractivity contribution >= 4 is 23.5 Å². The minimum absolute atomic E-state index is 0.0253. The third-order valence-electron chi connectivity index (χ3n) is 5.61. The molecular formula is C21H29N3O4. The van der Waals surface area contributed by atoms with Crippen LogP contribution in [0, 0.1) is 0 Å². The predicted octanol–water partition coefficient (Wildman–Crippen LogP) is 1.72. The van der Waals surface area contributed by atoms with Gasteiger partial charge in [0.15, 0.2) is 0 Å². The molecule has 1 saturated heterocycles. The Labute approximate surface area is 166 Å². The summed E-state index contributed by atoms with van der Waals surface area (Å²) < 4.78 is 4.73. The van der Waals surface area contributed by atoms with Crippen molar-refractivity contribution in [1.82, 2.24) is 10.2 Å². The summed E-state index contributed by atoms with van der Waals surface area (Å²) in [6.07, 6.45) is 5.39. The molecule has 1 aromatic rings. The van der Waals surface area contributed by atoms with Crippen LogP contribution in [-0.2, 0) is 19.1 Å². The van der Waals surface area contributed by atoms with Gasteiger partial charge < -0.3 is 15.0 Å². The molecule has 0 spiro atoms. The molecule has 0 radical (unpaired) electrons. The fourth-order valence-electron chi connectivity index (χ4n) is 4.15. The third-order valence-corrected chi connectivity index (χ3v) is 5.61. The van der Waals surface area contributed by atoms with Gasteiger partial charge in [0.25, 0.3) is 0 Å². The SMILES string of the molecule is COC(=O)C[C@H]1C(=O)NCCN1CC(=O)N(c1ccccc1)C1CCCCC1. The number of anilines is 1. The maximum Gasteiger partial charge on any atom is 0.307 e. The van der Waals surface area contributed by atoms with Crippen molar-refractivity contribution in [3.05, 3.63) is 30.3 Å². The van der Waals surface area contributed by atoms with E-state index in [1.165, 1.54) is 13.5 Å². The van der Waals surface area contributed by atoms with E-state index in [-0.39, 0.29) is 30.8 Å². The van der Waals surface area contributed by atoms with E-state index in [0.717, 1.165) is 31.4 Å². The van der Waals surface area contributed by atoms with Crippen molar-refractivity contribution in [2.24, 2.45) is 0 Å².